The normalized spacial score (nSPS) is 18.6. The zero-order valence-electron chi connectivity index (χ0n) is 17.6. The topological polar surface area (TPSA) is 117 Å². The lowest BCUT2D eigenvalue weighted by Crippen LogP contribution is -2.15. The molecule has 31 heavy (non-hydrogen) atoms. The van der Waals surface area contributed by atoms with Crippen LogP contribution in [0.25, 0.3) is 11.3 Å². The van der Waals surface area contributed by atoms with Crippen LogP contribution in [-0.4, -0.2) is 32.2 Å². The number of ether oxygens (including phenoxy) is 1. The van der Waals surface area contributed by atoms with Crippen molar-refractivity contribution in [3.8, 4) is 17.0 Å². The average molecular weight is 421 g/mol. The van der Waals surface area contributed by atoms with Gasteiger partial charge in [0.25, 0.3) is 0 Å². The van der Waals surface area contributed by atoms with E-state index < -0.39 is 6.10 Å². The van der Waals surface area contributed by atoms with Crippen LogP contribution in [-0.2, 0) is 13.5 Å². The minimum atomic E-state index is -0.518. The molecule has 8 nitrogen and oxygen atoms in total. The maximum absolute atomic E-state index is 14.2. The molecule has 9 heteroatoms. The molecule has 3 aromatic rings. The summed E-state index contributed by atoms with van der Waals surface area (Å²) in [5, 5.41) is 9.10. The van der Waals surface area contributed by atoms with Crippen molar-refractivity contribution in [1.82, 2.24) is 20.0 Å². The smallest absolute Gasteiger partial charge is 0.166 e. The molecular formula is C22H24FN7O. The molecule has 2 aromatic heterocycles. The van der Waals surface area contributed by atoms with Gasteiger partial charge in [0.15, 0.2) is 11.6 Å². The SMILES string of the molecule is CCN=C1C(=CN)Cc2nn(C)nc2-c2ccc(F)cc2[C@@H](C)Oc2cc1cnc2N. The first-order valence-corrected chi connectivity index (χ1v) is 9.99. The third-order valence-electron chi connectivity index (χ3n) is 5.13. The second kappa shape index (κ2) is 8.17. The molecule has 0 aliphatic carbocycles. The zero-order valence-corrected chi connectivity index (χ0v) is 17.6. The number of anilines is 1. The van der Waals surface area contributed by atoms with Gasteiger partial charge in [-0.3, -0.25) is 4.99 Å². The van der Waals surface area contributed by atoms with Gasteiger partial charge in [-0.2, -0.15) is 15.0 Å². The summed E-state index contributed by atoms with van der Waals surface area (Å²) in [6.45, 7) is 4.33. The molecule has 4 N–H and O–H groups in total. The molecular weight excluding hydrogens is 397 g/mol. The van der Waals surface area contributed by atoms with E-state index >= 15 is 0 Å². The largest absolute Gasteiger partial charge is 0.482 e. The van der Waals surface area contributed by atoms with Crippen LogP contribution in [0.1, 0.15) is 36.8 Å². The first kappa shape index (κ1) is 20.5. The molecule has 0 unspecified atom stereocenters. The Hall–Kier alpha value is -3.75. The number of hydrogen-bond donors (Lipinski definition) is 2. The first-order chi connectivity index (χ1) is 14.9. The Bertz CT molecular complexity index is 1200. The van der Waals surface area contributed by atoms with Crippen LogP contribution in [0, 0.1) is 5.82 Å². The number of benzene rings is 1. The number of aryl methyl sites for hydroxylation is 1. The van der Waals surface area contributed by atoms with E-state index in [-0.39, 0.29) is 11.6 Å². The third-order valence-corrected chi connectivity index (χ3v) is 5.13. The van der Waals surface area contributed by atoms with Crippen LogP contribution in [0.5, 0.6) is 5.75 Å². The minimum Gasteiger partial charge on any atom is -0.482 e. The van der Waals surface area contributed by atoms with Crippen LogP contribution in [0.15, 0.2) is 47.2 Å². The Kier molecular flexibility index (Phi) is 5.41. The number of nitrogens with two attached hydrogens (primary N) is 2. The quantitative estimate of drug-likeness (QED) is 0.624. The standard InChI is InChI=1S/C22H24FN7O/c1-4-26-20-13(10-24)7-18-21(29-30(3)28-18)16-6-5-15(23)9-17(16)12(2)31-19-8-14(20)11-27-22(19)25/h5-6,8-12H,4,7,24H2,1-3H3,(H2,25,27)/t12-/m1/s1. The fourth-order valence-corrected chi connectivity index (χ4v) is 3.73. The molecule has 0 radical (unpaired) electrons. The van der Waals surface area contributed by atoms with Crippen molar-refractivity contribution in [2.24, 2.45) is 17.8 Å². The van der Waals surface area contributed by atoms with Crippen molar-refractivity contribution >= 4 is 11.5 Å². The van der Waals surface area contributed by atoms with Gasteiger partial charge in [0, 0.05) is 42.9 Å². The number of hydrogen-bond acceptors (Lipinski definition) is 7. The summed E-state index contributed by atoms with van der Waals surface area (Å²) in [5.41, 5.74) is 17.0. The maximum Gasteiger partial charge on any atom is 0.166 e. The number of aliphatic imine (C=N–C) groups is 1. The molecule has 4 rings (SSSR count). The van der Waals surface area contributed by atoms with Gasteiger partial charge in [-0.1, -0.05) is 0 Å². The molecule has 1 aromatic carbocycles. The summed E-state index contributed by atoms with van der Waals surface area (Å²) < 4.78 is 20.3. The molecule has 1 aliphatic rings. The monoisotopic (exact) mass is 421 g/mol. The van der Waals surface area contributed by atoms with Crippen LogP contribution in [0.4, 0.5) is 10.2 Å². The predicted molar refractivity (Wildman–Crippen MR) is 117 cm³/mol. The molecule has 1 aliphatic heterocycles. The van der Waals surface area contributed by atoms with Gasteiger partial charge in [-0.15, -0.1) is 0 Å². The van der Waals surface area contributed by atoms with Crippen LogP contribution < -0.4 is 16.2 Å². The van der Waals surface area contributed by atoms with E-state index in [0.29, 0.717) is 41.4 Å². The fourth-order valence-electron chi connectivity index (χ4n) is 3.73. The summed E-state index contributed by atoms with van der Waals surface area (Å²) in [4.78, 5) is 10.4. The van der Waals surface area contributed by atoms with Crippen molar-refractivity contribution in [3.05, 3.63) is 64.9 Å². The van der Waals surface area contributed by atoms with E-state index in [1.54, 1.807) is 25.4 Å². The summed E-state index contributed by atoms with van der Waals surface area (Å²) in [6, 6.07) is 6.32. The number of nitrogen functional groups attached to an aromatic ring is 1. The highest BCUT2D eigenvalue weighted by atomic mass is 19.1. The van der Waals surface area contributed by atoms with Gasteiger partial charge in [0.2, 0.25) is 0 Å². The lowest BCUT2D eigenvalue weighted by molar-refractivity contribution is 0.227. The maximum atomic E-state index is 14.2. The molecule has 3 heterocycles. The molecule has 0 spiro atoms. The van der Waals surface area contributed by atoms with Crippen molar-refractivity contribution in [3.63, 3.8) is 0 Å². The Labute approximate surface area is 179 Å². The van der Waals surface area contributed by atoms with Gasteiger partial charge >= 0.3 is 0 Å². The van der Waals surface area contributed by atoms with E-state index in [4.69, 9.17) is 16.2 Å². The number of allylic oxidation sites excluding steroid dienone is 1. The summed E-state index contributed by atoms with van der Waals surface area (Å²) in [6.07, 6.45) is 3.03. The van der Waals surface area contributed by atoms with Crippen LogP contribution >= 0.6 is 0 Å². The Morgan fingerprint density at radius 1 is 1.32 bits per heavy atom. The van der Waals surface area contributed by atoms with E-state index in [1.807, 2.05) is 13.8 Å². The van der Waals surface area contributed by atoms with Crippen molar-refractivity contribution in [2.75, 3.05) is 12.3 Å². The lowest BCUT2D eigenvalue weighted by Gasteiger charge is -2.21. The molecule has 0 saturated heterocycles. The lowest BCUT2D eigenvalue weighted by atomic mass is 9.94. The number of rotatable bonds is 1. The second-order valence-electron chi connectivity index (χ2n) is 7.28. The Morgan fingerprint density at radius 3 is 2.87 bits per heavy atom. The van der Waals surface area contributed by atoms with E-state index in [9.17, 15) is 4.39 Å². The molecule has 0 saturated carbocycles. The van der Waals surface area contributed by atoms with Crippen LogP contribution in [0.2, 0.25) is 0 Å². The highest BCUT2D eigenvalue weighted by Gasteiger charge is 2.24. The number of aromatic nitrogens is 4. The molecule has 0 amide bonds. The van der Waals surface area contributed by atoms with E-state index in [0.717, 1.165) is 16.7 Å². The van der Waals surface area contributed by atoms with Gasteiger partial charge in [0.05, 0.1) is 11.4 Å². The fraction of sp³-hybridized carbons (Fsp3) is 0.273. The molecule has 2 bridgehead atoms. The first-order valence-electron chi connectivity index (χ1n) is 9.99. The second-order valence-corrected chi connectivity index (χ2v) is 7.28. The van der Waals surface area contributed by atoms with Gasteiger partial charge < -0.3 is 16.2 Å². The number of halogens is 1. The summed E-state index contributed by atoms with van der Waals surface area (Å²) in [7, 11) is 1.74. The number of fused-ring (bicyclic) bond motifs is 5. The van der Waals surface area contributed by atoms with Gasteiger partial charge in [0.1, 0.15) is 17.6 Å². The highest BCUT2D eigenvalue weighted by Crippen LogP contribution is 2.35. The predicted octanol–water partition coefficient (Wildman–Crippen LogP) is 2.95. The number of nitrogens with zero attached hydrogens (tertiary/aromatic N) is 5. The average Bonchev–Trinajstić information content (AvgIpc) is 3.11. The Morgan fingerprint density at radius 2 is 2.13 bits per heavy atom. The molecule has 160 valence electrons. The highest BCUT2D eigenvalue weighted by molar-refractivity contribution is 6.13. The zero-order chi connectivity index (χ0) is 22.1. The van der Waals surface area contributed by atoms with Crippen molar-refractivity contribution in [2.45, 2.75) is 26.4 Å². The minimum absolute atomic E-state index is 0.236. The van der Waals surface area contributed by atoms with Gasteiger partial charge in [-0.25, -0.2) is 9.37 Å². The van der Waals surface area contributed by atoms with Crippen molar-refractivity contribution < 1.29 is 9.13 Å². The van der Waals surface area contributed by atoms with Gasteiger partial charge in [-0.05, 0) is 49.9 Å². The van der Waals surface area contributed by atoms with E-state index in [2.05, 4.69) is 20.2 Å². The molecule has 1 atom stereocenters. The molecule has 0 fully saturated rings. The third kappa shape index (κ3) is 3.86. The van der Waals surface area contributed by atoms with Crippen molar-refractivity contribution in [1.29, 1.82) is 0 Å². The summed E-state index contributed by atoms with van der Waals surface area (Å²) >= 11 is 0. The van der Waals surface area contributed by atoms with Crippen LogP contribution in [0.3, 0.4) is 0 Å². The van der Waals surface area contributed by atoms with E-state index in [1.165, 1.54) is 23.1 Å². The number of pyridine rings is 1. The Balaban J connectivity index is 2.00. The summed E-state index contributed by atoms with van der Waals surface area (Å²) in [5.74, 6) is 0.256.